The molecule has 2 amide bonds. The number of aromatic nitrogens is 1. The fraction of sp³-hybridized carbons (Fsp3) is 0.346. The zero-order valence-electron chi connectivity index (χ0n) is 21.9. The Kier molecular flexibility index (Phi) is 8.82. The molecule has 0 fully saturated rings. The van der Waals surface area contributed by atoms with Crippen molar-refractivity contribution in [1.82, 2.24) is 9.69 Å². The molecule has 2 N–H and O–H groups in total. The van der Waals surface area contributed by atoms with Gasteiger partial charge in [-0.2, -0.15) is 4.37 Å². The van der Waals surface area contributed by atoms with Gasteiger partial charge in [0.05, 0.1) is 39.0 Å². The average Bonchev–Trinajstić information content (AvgIpc) is 3.35. The van der Waals surface area contributed by atoms with Gasteiger partial charge in [-0.1, -0.05) is 6.07 Å². The van der Waals surface area contributed by atoms with Crippen LogP contribution in [0.1, 0.15) is 20.8 Å². The highest BCUT2D eigenvalue weighted by Crippen LogP contribution is 2.45. The first-order chi connectivity index (χ1) is 17.6. The molecule has 3 rings (SSSR count). The number of benzene rings is 2. The van der Waals surface area contributed by atoms with Crippen LogP contribution in [0, 0.1) is 0 Å². The first kappa shape index (κ1) is 27.6. The molecule has 0 aliphatic rings. The Bertz CT molecular complexity index is 1240. The van der Waals surface area contributed by atoms with Gasteiger partial charge in [-0.25, -0.2) is 4.79 Å². The van der Waals surface area contributed by atoms with E-state index in [4.69, 9.17) is 23.7 Å². The number of alkyl carbamates (subject to hydrolysis) is 1. The van der Waals surface area contributed by atoms with E-state index in [-0.39, 0.29) is 6.54 Å². The number of nitrogens with one attached hydrogen (secondary N) is 2. The third-order valence-electron chi connectivity index (χ3n) is 5.07. The van der Waals surface area contributed by atoms with Crippen molar-refractivity contribution in [2.24, 2.45) is 0 Å². The molecule has 0 saturated carbocycles. The number of hydrogen-bond donors (Lipinski definition) is 2. The summed E-state index contributed by atoms with van der Waals surface area (Å²) in [6, 6.07) is 9.12. The largest absolute Gasteiger partial charge is 0.495 e. The molecule has 1 heterocycles. The Balaban J connectivity index is 1.89. The van der Waals surface area contributed by atoms with Crippen molar-refractivity contribution >= 4 is 29.2 Å². The fourth-order valence-electron chi connectivity index (χ4n) is 3.50. The van der Waals surface area contributed by atoms with Crippen LogP contribution in [0.15, 0.2) is 36.5 Å². The molecular formula is C26H31N3O7S. The Morgan fingerprint density at radius 1 is 0.892 bits per heavy atom. The molecule has 0 aliphatic carbocycles. The maximum Gasteiger partial charge on any atom is 0.408 e. The predicted octanol–water partition coefficient (Wildman–Crippen LogP) is 4.97. The summed E-state index contributed by atoms with van der Waals surface area (Å²) in [5.74, 6) is 1.57. The van der Waals surface area contributed by atoms with Crippen LogP contribution in [-0.2, 0) is 9.53 Å². The minimum Gasteiger partial charge on any atom is -0.495 e. The summed E-state index contributed by atoms with van der Waals surface area (Å²) < 4.78 is 31.4. The van der Waals surface area contributed by atoms with Gasteiger partial charge < -0.3 is 34.3 Å². The highest BCUT2D eigenvalue weighted by atomic mass is 32.1. The molecule has 0 atom stereocenters. The molecule has 0 unspecified atom stereocenters. The number of nitrogens with zero attached hydrogens (tertiary/aromatic N) is 1. The van der Waals surface area contributed by atoms with Crippen LogP contribution in [-0.4, -0.2) is 57.0 Å². The van der Waals surface area contributed by atoms with Gasteiger partial charge in [0.25, 0.3) is 0 Å². The van der Waals surface area contributed by atoms with E-state index in [1.165, 1.54) is 18.6 Å². The van der Waals surface area contributed by atoms with Crippen LogP contribution in [0.3, 0.4) is 0 Å². The first-order valence-corrected chi connectivity index (χ1v) is 12.1. The molecule has 0 bridgehead atoms. The summed E-state index contributed by atoms with van der Waals surface area (Å²) in [6.45, 7) is 4.97. The van der Waals surface area contributed by atoms with Crippen molar-refractivity contribution in [2.75, 3.05) is 40.3 Å². The minimum atomic E-state index is -0.678. The lowest BCUT2D eigenvalue weighted by atomic mass is 10.0. The lowest BCUT2D eigenvalue weighted by Gasteiger charge is -2.19. The molecule has 0 saturated heterocycles. The molecule has 2 aromatic carbocycles. The van der Waals surface area contributed by atoms with Crippen molar-refractivity contribution in [2.45, 2.75) is 26.4 Å². The van der Waals surface area contributed by atoms with E-state index in [2.05, 4.69) is 15.0 Å². The molecule has 1 aromatic heterocycles. The van der Waals surface area contributed by atoms with Crippen LogP contribution >= 0.6 is 11.5 Å². The maximum absolute atomic E-state index is 12.6. The molecule has 0 spiro atoms. The van der Waals surface area contributed by atoms with E-state index >= 15 is 0 Å². The molecule has 37 heavy (non-hydrogen) atoms. The van der Waals surface area contributed by atoms with Gasteiger partial charge in [-0.15, -0.1) is 0 Å². The topological polar surface area (TPSA) is 117 Å². The third-order valence-corrected chi connectivity index (χ3v) is 5.92. The van der Waals surface area contributed by atoms with E-state index in [0.717, 1.165) is 21.6 Å². The molecule has 0 radical (unpaired) electrons. The number of hydrogen-bond acceptors (Lipinski definition) is 9. The number of anilines is 1. The Morgan fingerprint density at radius 3 is 2.11 bits per heavy atom. The number of carbonyl (C=O) groups is 2. The lowest BCUT2D eigenvalue weighted by molar-refractivity contribution is -0.115. The summed E-state index contributed by atoms with van der Waals surface area (Å²) in [4.78, 5) is 25.3. The fourth-order valence-corrected chi connectivity index (χ4v) is 4.26. The minimum absolute atomic E-state index is 0.265. The highest BCUT2D eigenvalue weighted by molar-refractivity contribution is 7.10. The average molecular weight is 530 g/mol. The Hall–Kier alpha value is -3.99. The number of methoxy groups -OCH3 is 4. The van der Waals surface area contributed by atoms with Gasteiger partial charge in [-0.05, 0) is 62.1 Å². The summed E-state index contributed by atoms with van der Waals surface area (Å²) in [7, 11) is 6.18. The normalized spacial score (nSPS) is 10.9. The second kappa shape index (κ2) is 11.8. The first-order valence-electron chi connectivity index (χ1n) is 11.3. The Labute approximate surface area is 220 Å². The molecule has 11 heteroatoms. The van der Waals surface area contributed by atoms with Gasteiger partial charge in [0, 0.05) is 17.3 Å². The van der Waals surface area contributed by atoms with E-state index in [1.54, 1.807) is 60.4 Å². The smallest absolute Gasteiger partial charge is 0.408 e. The van der Waals surface area contributed by atoms with Gasteiger partial charge in [0.15, 0.2) is 11.5 Å². The molecule has 198 valence electrons. The van der Waals surface area contributed by atoms with Crippen molar-refractivity contribution in [1.29, 1.82) is 0 Å². The maximum atomic E-state index is 12.6. The SMILES string of the molecule is COc1ccc(-c2cnsc2-c2cc(OC)c(OC)c(OC)c2)cc1NC(=O)CNC(=O)OC(C)(C)C. The molecular weight excluding hydrogens is 498 g/mol. The molecule has 10 nitrogen and oxygen atoms in total. The highest BCUT2D eigenvalue weighted by Gasteiger charge is 2.20. The molecule has 3 aromatic rings. The summed E-state index contributed by atoms with van der Waals surface area (Å²) >= 11 is 1.31. The second-order valence-corrected chi connectivity index (χ2v) is 9.60. The number of ether oxygens (including phenoxy) is 5. The van der Waals surface area contributed by atoms with Gasteiger partial charge in [0.1, 0.15) is 17.9 Å². The van der Waals surface area contributed by atoms with Crippen LogP contribution in [0.5, 0.6) is 23.0 Å². The van der Waals surface area contributed by atoms with Gasteiger partial charge >= 0.3 is 6.09 Å². The number of carbonyl (C=O) groups excluding carboxylic acids is 2. The molecule has 0 aliphatic heterocycles. The van der Waals surface area contributed by atoms with Crippen LogP contribution in [0.2, 0.25) is 0 Å². The predicted molar refractivity (Wildman–Crippen MR) is 142 cm³/mol. The van der Waals surface area contributed by atoms with Crippen LogP contribution in [0.25, 0.3) is 21.6 Å². The van der Waals surface area contributed by atoms with E-state index in [9.17, 15) is 9.59 Å². The second-order valence-electron chi connectivity index (χ2n) is 8.80. The lowest BCUT2D eigenvalue weighted by Crippen LogP contribution is -2.37. The van der Waals surface area contributed by atoms with Gasteiger partial charge in [0.2, 0.25) is 11.7 Å². The van der Waals surface area contributed by atoms with E-state index in [1.807, 2.05) is 18.2 Å². The van der Waals surface area contributed by atoms with Gasteiger partial charge in [-0.3, -0.25) is 4.79 Å². The zero-order chi connectivity index (χ0) is 27.2. The van der Waals surface area contributed by atoms with Crippen molar-refractivity contribution in [3.05, 3.63) is 36.5 Å². The number of amides is 2. The summed E-state index contributed by atoms with van der Waals surface area (Å²) in [5.41, 5.74) is 2.24. The summed E-state index contributed by atoms with van der Waals surface area (Å²) in [5, 5.41) is 5.23. The standard InChI is InChI=1S/C26H31N3O7S/c1-26(2,3)36-25(31)27-14-22(30)29-18-10-15(8-9-19(18)32-4)17-13-28-37-24(17)16-11-20(33-5)23(35-7)21(12-16)34-6/h8-13H,14H2,1-7H3,(H,27,31)(H,29,30). The quantitative estimate of drug-likeness (QED) is 0.399. The monoisotopic (exact) mass is 529 g/mol. The third kappa shape index (κ3) is 6.82. The zero-order valence-corrected chi connectivity index (χ0v) is 22.7. The van der Waals surface area contributed by atoms with Crippen LogP contribution in [0.4, 0.5) is 10.5 Å². The van der Waals surface area contributed by atoms with Crippen molar-refractivity contribution in [3.8, 4) is 44.6 Å². The Morgan fingerprint density at radius 2 is 1.54 bits per heavy atom. The number of rotatable bonds is 9. The van der Waals surface area contributed by atoms with E-state index < -0.39 is 17.6 Å². The van der Waals surface area contributed by atoms with Crippen molar-refractivity contribution in [3.63, 3.8) is 0 Å². The van der Waals surface area contributed by atoms with Crippen molar-refractivity contribution < 1.29 is 33.3 Å². The van der Waals surface area contributed by atoms with E-state index in [0.29, 0.717) is 28.7 Å². The summed E-state index contributed by atoms with van der Waals surface area (Å²) in [6.07, 6.45) is 1.07. The van der Waals surface area contributed by atoms with Crippen LogP contribution < -0.4 is 29.6 Å².